The van der Waals surface area contributed by atoms with E-state index in [9.17, 15) is 8.42 Å². The van der Waals surface area contributed by atoms with Gasteiger partial charge in [-0.05, 0) is 12.1 Å². The molecule has 0 fully saturated rings. The number of nitrogens with zero attached hydrogens (tertiary/aromatic N) is 3. The molecule has 20 heavy (non-hydrogen) atoms. The number of pyridine rings is 1. The normalized spacial score (nSPS) is 12.1. The molecule has 0 saturated carbocycles. The summed E-state index contributed by atoms with van der Waals surface area (Å²) in [4.78, 5) is 8.04. The minimum atomic E-state index is -3.77. The first-order chi connectivity index (χ1) is 9.58. The zero-order valence-electron chi connectivity index (χ0n) is 10.0. The van der Waals surface area contributed by atoms with Crippen molar-refractivity contribution >= 4 is 38.6 Å². The van der Waals surface area contributed by atoms with Crippen LogP contribution in [0.4, 0.5) is 0 Å². The van der Waals surface area contributed by atoms with E-state index in [4.69, 9.17) is 11.6 Å². The highest BCUT2D eigenvalue weighted by atomic mass is 35.5. The lowest BCUT2D eigenvalue weighted by Crippen LogP contribution is -2.24. The van der Waals surface area contributed by atoms with E-state index < -0.39 is 10.0 Å². The number of fused-ring (bicyclic) bond motifs is 1. The Morgan fingerprint density at radius 3 is 3.00 bits per heavy atom. The third-order valence-corrected chi connectivity index (χ3v) is 5.18. The molecular weight excluding hydrogens is 320 g/mol. The lowest BCUT2D eigenvalue weighted by atomic mass is 10.5. The number of halogens is 1. The zero-order valence-corrected chi connectivity index (χ0v) is 12.4. The third kappa shape index (κ3) is 2.42. The molecule has 0 radical (unpaired) electrons. The van der Waals surface area contributed by atoms with Crippen molar-refractivity contribution in [2.75, 3.05) is 0 Å². The van der Waals surface area contributed by atoms with Gasteiger partial charge in [0.05, 0.1) is 6.54 Å². The van der Waals surface area contributed by atoms with E-state index in [-0.39, 0.29) is 16.7 Å². The Hall–Kier alpha value is -1.48. The van der Waals surface area contributed by atoms with Crippen LogP contribution in [0, 0.1) is 0 Å². The summed E-state index contributed by atoms with van der Waals surface area (Å²) in [6, 6.07) is 5.16. The van der Waals surface area contributed by atoms with E-state index >= 15 is 0 Å². The van der Waals surface area contributed by atoms with Gasteiger partial charge in [-0.1, -0.05) is 17.7 Å². The molecule has 1 N–H and O–H groups in total. The van der Waals surface area contributed by atoms with Crippen molar-refractivity contribution in [2.45, 2.75) is 11.6 Å². The Kier molecular flexibility index (Phi) is 3.47. The highest BCUT2D eigenvalue weighted by molar-refractivity contribution is 7.89. The fourth-order valence-electron chi connectivity index (χ4n) is 1.75. The maximum atomic E-state index is 12.3. The number of hydrogen-bond acceptors (Lipinski definition) is 5. The summed E-state index contributed by atoms with van der Waals surface area (Å²) >= 11 is 7.32. The van der Waals surface area contributed by atoms with Crippen molar-refractivity contribution < 1.29 is 8.42 Å². The predicted octanol–water partition coefficient (Wildman–Crippen LogP) is 1.92. The van der Waals surface area contributed by atoms with Crippen LogP contribution in [0.25, 0.3) is 5.65 Å². The van der Waals surface area contributed by atoms with Gasteiger partial charge in [0.1, 0.15) is 10.7 Å². The molecule has 3 rings (SSSR count). The first kappa shape index (κ1) is 13.5. The van der Waals surface area contributed by atoms with Gasteiger partial charge in [0.2, 0.25) is 0 Å². The number of sulfonamides is 1. The average molecular weight is 329 g/mol. The molecule has 104 valence electrons. The van der Waals surface area contributed by atoms with Gasteiger partial charge in [-0.25, -0.2) is 23.1 Å². The number of rotatable bonds is 4. The van der Waals surface area contributed by atoms with E-state index in [1.54, 1.807) is 36.0 Å². The number of thiazole rings is 1. The number of hydrogen-bond donors (Lipinski definition) is 1. The SMILES string of the molecule is O=S(=O)(NCc1nccs1)c1c(Cl)nc2ccccn12. The van der Waals surface area contributed by atoms with Gasteiger partial charge in [-0.2, -0.15) is 0 Å². The van der Waals surface area contributed by atoms with Crippen LogP contribution in [0.3, 0.4) is 0 Å². The van der Waals surface area contributed by atoms with Crippen LogP contribution in [-0.4, -0.2) is 22.8 Å². The van der Waals surface area contributed by atoms with Crippen LogP contribution in [0.5, 0.6) is 0 Å². The molecule has 3 aromatic heterocycles. The first-order valence-corrected chi connectivity index (χ1v) is 8.32. The molecule has 3 heterocycles. The van der Waals surface area contributed by atoms with Crippen molar-refractivity contribution in [1.29, 1.82) is 0 Å². The molecule has 0 unspecified atom stereocenters. The van der Waals surface area contributed by atoms with Gasteiger partial charge < -0.3 is 0 Å². The molecule has 0 atom stereocenters. The Morgan fingerprint density at radius 2 is 2.25 bits per heavy atom. The fraction of sp³-hybridized carbons (Fsp3) is 0.0909. The third-order valence-electron chi connectivity index (χ3n) is 2.60. The van der Waals surface area contributed by atoms with Gasteiger partial charge in [0, 0.05) is 17.8 Å². The average Bonchev–Trinajstić information content (AvgIpc) is 3.02. The van der Waals surface area contributed by atoms with E-state index in [0.717, 1.165) is 0 Å². The quantitative estimate of drug-likeness (QED) is 0.794. The topological polar surface area (TPSA) is 76.4 Å². The molecule has 0 bridgehead atoms. The summed E-state index contributed by atoms with van der Waals surface area (Å²) in [5, 5.41) is 2.35. The minimum Gasteiger partial charge on any atom is -0.288 e. The summed E-state index contributed by atoms with van der Waals surface area (Å²) in [5.74, 6) is 0. The number of aromatic nitrogens is 3. The molecule has 0 amide bonds. The molecule has 6 nitrogen and oxygen atoms in total. The second kappa shape index (κ2) is 5.13. The van der Waals surface area contributed by atoms with Gasteiger partial charge in [0.15, 0.2) is 10.2 Å². The van der Waals surface area contributed by atoms with Crippen LogP contribution in [0.1, 0.15) is 5.01 Å². The lowest BCUT2D eigenvalue weighted by Gasteiger charge is -2.05. The van der Waals surface area contributed by atoms with Gasteiger partial charge in [0.25, 0.3) is 10.0 Å². The van der Waals surface area contributed by atoms with Crippen LogP contribution >= 0.6 is 22.9 Å². The predicted molar refractivity (Wildman–Crippen MR) is 76.3 cm³/mol. The summed E-state index contributed by atoms with van der Waals surface area (Å²) < 4.78 is 28.6. The Labute approximate surface area is 124 Å². The van der Waals surface area contributed by atoms with E-state index in [0.29, 0.717) is 10.7 Å². The van der Waals surface area contributed by atoms with Crippen molar-refractivity contribution in [3.05, 3.63) is 46.1 Å². The first-order valence-electron chi connectivity index (χ1n) is 5.58. The molecule has 0 aliphatic heterocycles. The lowest BCUT2D eigenvalue weighted by molar-refractivity contribution is 0.576. The summed E-state index contributed by atoms with van der Waals surface area (Å²) in [6.07, 6.45) is 3.22. The van der Waals surface area contributed by atoms with Crippen molar-refractivity contribution in [1.82, 2.24) is 19.1 Å². The zero-order chi connectivity index (χ0) is 14.2. The molecule has 0 aliphatic carbocycles. The standard InChI is InChI=1S/C11H9ClN4O2S2/c12-10-11(16-5-2-1-3-8(16)15-10)20(17,18)14-7-9-13-4-6-19-9/h1-6,14H,7H2. The second-order valence-corrected chi connectivity index (χ2v) is 6.91. The Balaban J connectivity index is 1.98. The molecule has 0 aromatic carbocycles. The molecule has 9 heteroatoms. The second-order valence-electron chi connectivity index (χ2n) is 3.89. The van der Waals surface area contributed by atoms with E-state index in [1.165, 1.54) is 15.7 Å². The van der Waals surface area contributed by atoms with E-state index in [2.05, 4.69) is 14.7 Å². The summed E-state index contributed by atoms with van der Waals surface area (Å²) in [6.45, 7) is 0.121. The monoisotopic (exact) mass is 328 g/mol. The summed E-state index contributed by atoms with van der Waals surface area (Å²) in [7, 11) is -3.77. The highest BCUT2D eigenvalue weighted by Crippen LogP contribution is 2.22. The molecule has 0 spiro atoms. The number of nitrogens with one attached hydrogen (secondary N) is 1. The molecule has 0 aliphatic rings. The van der Waals surface area contributed by atoms with Crippen molar-refractivity contribution in [2.24, 2.45) is 0 Å². The number of imidazole rings is 1. The van der Waals surface area contributed by atoms with Gasteiger partial charge >= 0.3 is 0 Å². The maximum absolute atomic E-state index is 12.3. The van der Waals surface area contributed by atoms with Crippen molar-refractivity contribution in [3.8, 4) is 0 Å². The van der Waals surface area contributed by atoms with Crippen LogP contribution in [-0.2, 0) is 16.6 Å². The van der Waals surface area contributed by atoms with E-state index in [1.807, 2.05) is 0 Å². The highest BCUT2D eigenvalue weighted by Gasteiger charge is 2.24. The molecule has 0 saturated heterocycles. The fourth-order valence-corrected chi connectivity index (χ4v) is 4.02. The summed E-state index contributed by atoms with van der Waals surface area (Å²) in [5.41, 5.74) is 0.479. The van der Waals surface area contributed by atoms with Crippen LogP contribution < -0.4 is 4.72 Å². The smallest absolute Gasteiger partial charge is 0.260 e. The Morgan fingerprint density at radius 1 is 1.40 bits per heavy atom. The van der Waals surface area contributed by atoms with Gasteiger partial charge in [-0.3, -0.25) is 4.40 Å². The minimum absolute atomic E-state index is 0.0529. The maximum Gasteiger partial charge on any atom is 0.260 e. The van der Waals surface area contributed by atoms with Crippen LogP contribution in [0.15, 0.2) is 41.0 Å². The Bertz CT molecular complexity index is 843. The van der Waals surface area contributed by atoms with Crippen molar-refractivity contribution in [3.63, 3.8) is 0 Å². The molecule has 3 aromatic rings. The van der Waals surface area contributed by atoms with Gasteiger partial charge in [-0.15, -0.1) is 11.3 Å². The van der Waals surface area contributed by atoms with Crippen LogP contribution in [0.2, 0.25) is 5.15 Å². The largest absolute Gasteiger partial charge is 0.288 e. The molecular formula is C11H9ClN4O2S2.